The van der Waals surface area contributed by atoms with Crippen LogP contribution in [0.2, 0.25) is 0 Å². The lowest BCUT2D eigenvalue weighted by atomic mass is 10.1. The number of carbonyl (C=O) groups excluding carboxylic acids is 1. The SMILES string of the molecule is CCN(C(=O)CC1CNCCO1)C(C)CC(=O)O. The molecule has 1 aliphatic rings. The van der Waals surface area contributed by atoms with E-state index in [-0.39, 0.29) is 24.5 Å². The van der Waals surface area contributed by atoms with E-state index in [1.807, 2.05) is 6.92 Å². The number of carboxylic acid groups (broad SMARTS) is 1. The van der Waals surface area contributed by atoms with E-state index in [1.54, 1.807) is 11.8 Å². The summed E-state index contributed by atoms with van der Waals surface area (Å²) in [5.74, 6) is -0.927. The molecule has 1 rings (SSSR count). The molecule has 0 aromatic heterocycles. The van der Waals surface area contributed by atoms with Crippen LogP contribution in [0.3, 0.4) is 0 Å². The highest BCUT2D eigenvalue weighted by Gasteiger charge is 2.24. The van der Waals surface area contributed by atoms with Crippen molar-refractivity contribution in [1.29, 1.82) is 0 Å². The minimum absolute atomic E-state index is 0.0245. The Labute approximate surface area is 107 Å². The van der Waals surface area contributed by atoms with Gasteiger partial charge < -0.3 is 20.1 Å². The van der Waals surface area contributed by atoms with Crippen LogP contribution in [0.15, 0.2) is 0 Å². The Hall–Kier alpha value is -1.14. The number of morpholine rings is 1. The van der Waals surface area contributed by atoms with Gasteiger partial charge in [0, 0.05) is 25.7 Å². The molecule has 0 saturated carbocycles. The van der Waals surface area contributed by atoms with Crippen LogP contribution in [0.25, 0.3) is 0 Å². The first-order valence-corrected chi connectivity index (χ1v) is 6.38. The van der Waals surface area contributed by atoms with Crippen molar-refractivity contribution in [2.45, 2.75) is 38.8 Å². The third-order valence-corrected chi connectivity index (χ3v) is 3.07. The average Bonchev–Trinajstić information content (AvgIpc) is 2.30. The van der Waals surface area contributed by atoms with Crippen LogP contribution in [0, 0.1) is 0 Å². The third kappa shape index (κ3) is 4.62. The molecule has 1 fully saturated rings. The van der Waals surface area contributed by atoms with Gasteiger partial charge in [0.25, 0.3) is 0 Å². The number of hydrogen-bond donors (Lipinski definition) is 2. The van der Waals surface area contributed by atoms with E-state index >= 15 is 0 Å². The number of hydrogen-bond acceptors (Lipinski definition) is 4. The zero-order valence-electron chi connectivity index (χ0n) is 11.0. The molecule has 0 aromatic rings. The minimum atomic E-state index is -0.885. The highest BCUT2D eigenvalue weighted by molar-refractivity contribution is 5.78. The number of nitrogens with zero attached hydrogens (tertiary/aromatic N) is 1. The van der Waals surface area contributed by atoms with Crippen molar-refractivity contribution in [3.05, 3.63) is 0 Å². The Kier molecular flexibility index (Phi) is 6.07. The minimum Gasteiger partial charge on any atom is -0.481 e. The maximum atomic E-state index is 12.1. The van der Waals surface area contributed by atoms with Crippen molar-refractivity contribution in [2.24, 2.45) is 0 Å². The number of carbonyl (C=O) groups is 2. The van der Waals surface area contributed by atoms with E-state index in [4.69, 9.17) is 9.84 Å². The van der Waals surface area contributed by atoms with Crippen molar-refractivity contribution >= 4 is 11.9 Å². The van der Waals surface area contributed by atoms with Gasteiger partial charge >= 0.3 is 5.97 Å². The normalized spacial score (nSPS) is 21.3. The summed E-state index contributed by atoms with van der Waals surface area (Å²) in [6.45, 7) is 6.25. The van der Waals surface area contributed by atoms with Crippen LogP contribution in [-0.2, 0) is 14.3 Å². The van der Waals surface area contributed by atoms with Crippen LogP contribution in [0.4, 0.5) is 0 Å². The van der Waals surface area contributed by atoms with Gasteiger partial charge in [-0.2, -0.15) is 0 Å². The summed E-state index contributed by atoms with van der Waals surface area (Å²) in [6.07, 6.45) is 0.186. The molecule has 2 atom stereocenters. The Balaban J connectivity index is 2.47. The molecule has 2 N–H and O–H groups in total. The summed E-state index contributed by atoms with van der Waals surface area (Å²) in [5, 5.41) is 11.9. The Morgan fingerprint density at radius 3 is 2.78 bits per heavy atom. The summed E-state index contributed by atoms with van der Waals surface area (Å²) < 4.78 is 5.48. The molecule has 18 heavy (non-hydrogen) atoms. The molecule has 0 aliphatic carbocycles. The summed E-state index contributed by atoms with van der Waals surface area (Å²) in [7, 11) is 0. The molecule has 1 heterocycles. The molecule has 104 valence electrons. The highest BCUT2D eigenvalue weighted by atomic mass is 16.5. The number of aliphatic carboxylic acids is 1. The number of amides is 1. The topological polar surface area (TPSA) is 78.9 Å². The average molecular weight is 258 g/mol. The maximum absolute atomic E-state index is 12.1. The molecule has 1 saturated heterocycles. The third-order valence-electron chi connectivity index (χ3n) is 3.07. The number of rotatable bonds is 6. The van der Waals surface area contributed by atoms with Gasteiger partial charge in [0.1, 0.15) is 0 Å². The number of ether oxygens (including phenoxy) is 1. The molecule has 2 unspecified atom stereocenters. The number of nitrogens with one attached hydrogen (secondary N) is 1. The largest absolute Gasteiger partial charge is 0.481 e. The summed E-state index contributed by atoms with van der Waals surface area (Å²) in [5.41, 5.74) is 0. The second-order valence-corrected chi connectivity index (χ2v) is 4.53. The second kappa shape index (κ2) is 7.33. The van der Waals surface area contributed by atoms with Gasteiger partial charge in [-0.15, -0.1) is 0 Å². The Bertz CT molecular complexity index is 290. The lowest BCUT2D eigenvalue weighted by Crippen LogP contribution is -2.45. The van der Waals surface area contributed by atoms with E-state index in [9.17, 15) is 9.59 Å². The zero-order chi connectivity index (χ0) is 13.5. The van der Waals surface area contributed by atoms with E-state index in [0.717, 1.165) is 6.54 Å². The van der Waals surface area contributed by atoms with Crippen LogP contribution < -0.4 is 5.32 Å². The lowest BCUT2D eigenvalue weighted by Gasteiger charge is -2.30. The smallest absolute Gasteiger partial charge is 0.305 e. The van der Waals surface area contributed by atoms with E-state index in [0.29, 0.717) is 26.1 Å². The fraction of sp³-hybridized carbons (Fsp3) is 0.833. The molecule has 0 radical (unpaired) electrons. The van der Waals surface area contributed by atoms with Gasteiger partial charge in [0.2, 0.25) is 5.91 Å². The van der Waals surface area contributed by atoms with Gasteiger partial charge in [-0.3, -0.25) is 9.59 Å². The quantitative estimate of drug-likeness (QED) is 0.705. The first-order chi connectivity index (χ1) is 8.54. The van der Waals surface area contributed by atoms with Gasteiger partial charge in [-0.1, -0.05) is 0 Å². The first kappa shape index (κ1) is 14.9. The molecule has 1 amide bonds. The molecule has 0 aromatic carbocycles. The number of carboxylic acids is 1. The van der Waals surface area contributed by atoms with Crippen LogP contribution >= 0.6 is 0 Å². The first-order valence-electron chi connectivity index (χ1n) is 6.38. The van der Waals surface area contributed by atoms with Crippen LogP contribution in [0.1, 0.15) is 26.7 Å². The molecular formula is C12H22N2O4. The van der Waals surface area contributed by atoms with Gasteiger partial charge in [-0.25, -0.2) is 0 Å². The summed E-state index contributed by atoms with van der Waals surface area (Å²) >= 11 is 0. The Morgan fingerprint density at radius 1 is 1.56 bits per heavy atom. The monoisotopic (exact) mass is 258 g/mol. The van der Waals surface area contributed by atoms with Crippen molar-refractivity contribution in [1.82, 2.24) is 10.2 Å². The molecule has 6 heteroatoms. The van der Waals surface area contributed by atoms with Gasteiger partial charge in [-0.05, 0) is 13.8 Å². The van der Waals surface area contributed by atoms with Gasteiger partial charge in [0.15, 0.2) is 0 Å². The summed E-state index contributed by atoms with van der Waals surface area (Å²) in [6, 6.07) is -0.281. The standard InChI is InChI=1S/C12H22N2O4/c1-3-14(9(2)6-12(16)17)11(15)7-10-8-13-4-5-18-10/h9-10,13H,3-8H2,1-2H3,(H,16,17). The molecule has 6 nitrogen and oxygen atoms in total. The fourth-order valence-electron chi connectivity index (χ4n) is 2.16. The molecular weight excluding hydrogens is 236 g/mol. The van der Waals surface area contributed by atoms with E-state index < -0.39 is 5.97 Å². The summed E-state index contributed by atoms with van der Waals surface area (Å²) in [4.78, 5) is 24.4. The fourth-order valence-corrected chi connectivity index (χ4v) is 2.16. The highest BCUT2D eigenvalue weighted by Crippen LogP contribution is 2.10. The van der Waals surface area contributed by atoms with Crippen molar-refractivity contribution < 1.29 is 19.4 Å². The van der Waals surface area contributed by atoms with Gasteiger partial charge in [0.05, 0.1) is 25.6 Å². The van der Waals surface area contributed by atoms with Crippen molar-refractivity contribution in [2.75, 3.05) is 26.2 Å². The van der Waals surface area contributed by atoms with E-state index in [2.05, 4.69) is 5.32 Å². The molecule has 1 aliphatic heterocycles. The molecule has 0 bridgehead atoms. The lowest BCUT2D eigenvalue weighted by molar-refractivity contribution is -0.141. The van der Waals surface area contributed by atoms with Crippen LogP contribution in [-0.4, -0.2) is 60.3 Å². The second-order valence-electron chi connectivity index (χ2n) is 4.53. The maximum Gasteiger partial charge on any atom is 0.305 e. The Morgan fingerprint density at radius 2 is 2.28 bits per heavy atom. The predicted molar refractivity (Wildman–Crippen MR) is 66.3 cm³/mol. The zero-order valence-corrected chi connectivity index (χ0v) is 11.0. The predicted octanol–water partition coefficient (Wildman–Crippen LogP) is 0.0766. The van der Waals surface area contributed by atoms with Crippen LogP contribution in [0.5, 0.6) is 0 Å². The van der Waals surface area contributed by atoms with E-state index in [1.165, 1.54) is 0 Å². The molecule has 0 spiro atoms. The van der Waals surface area contributed by atoms with Crippen molar-refractivity contribution in [3.63, 3.8) is 0 Å². The van der Waals surface area contributed by atoms with Crippen molar-refractivity contribution in [3.8, 4) is 0 Å².